The van der Waals surface area contributed by atoms with Crippen molar-refractivity contribution in [2.24, 2.45) is 0 Å². The second-order valence-electron chi connectivity index (χ2n) is 8.90. The summed E-state index contributed by atoms with van der Waals surface area (Å²) in [6.07, 6.45) is 0. The van der Waals surface area contributed by atoms with E-state index in [-0.39, 0.29) is 0 Å². The van der Waals surface area contributed by atoms with Crippen LogP contribution in [0.25, 0.3) is 22.3 Å². The van der Waals surface area contributed by atoms with Gasteiger partial charge in [0.2, 0.25) is 0 Å². The predicted octanol–water partition coefficient (Wildman–Crippen LogP) is 4.73. The molecule has 3 rings (SSSR count). The Morgan fingerprint density at radius 1 is 0.531 bits per heavy atom. The first-order valence-electron chi connectivity index (χ1n) is 10.5. The quantitative estimate of drug-likeness (QED) is 0.490. The molecule has 0 aliphatic heterocycles. The van der Waals surface area contributed by atoms with Gasteiger partial charge in [0.05, 0.1) is 10.2 Å². The van der Waals surface area contributed by atoms with Crippen LogP contribution in [0.1, 0.15) is 0 Å². The lowest BCUT2D eigenvalue weighted by molar-refractivity contribution is 1.10. The van der Waals surface area contributed by atoms with E-state index < -0.39 is 0 Å². The van der Waals surface area contributed by atoms with Gasteiger partial charge in [-0.15, -0.1) is 0 Å². The van der Waals surface area contributed by atoms with Gasteiger partial charge in [-0.3, -0.25) is 0 Å². The maximum Gasteiger partial charge on any atom is 0.0720 e. The smallest absolute Gasteiger partial charge is 0.0720 e. The topological polar surface area (TPSA) is 13.0 Å². The van der Waals surface area contributed by atoms with Crippen molar-refractivity contribution < 1.29 is 0 Å². The normalized spacial score (nSPS) is 10.8. The van der Waals surface area contributed by atoms with Crippen molar-refractivity contribution in [2.45, 2.75) is 0 Å². The van der Waals surface area contributed by atoms with Crippen LogP contribution < -0.4 is 24.8 Å². The van der Waals surface area contributed by atoms with Crippen molar-refractivity contribution in [1.29, 1.82) is 0 Å². The first-order chi connectivity index (χ1) is 15.0. The Morgan fingerprint density at radius 2 is 0.875 bits per heavy atom. The SMILES string of the molecule is CN(C)c1cc(-c2c([Si])ccc(Cl)c2-c2cc(N(C)C)cc(N(C)C)c2)cc(N(C)C)c1. The lowest BCUT2D eigenvalue weighted by Crippen LogP contribution is -2.15. The van der Waals surface area contributed by atoms with Crippen LogP contribution in [0.4, 0.5) is 22.7 Å². The highest BCUT2D eigenvalue weighted by molar-refractivity contribution is 6.40. The monoisotopic (exact) mass is 463 g/mol. The number of hydrogen-bond acceptors (Lipinski definition) is 4. The largest absolute Gasteiger partial charge is 0.378 e. The highest BCUT2D eigenvalue weighted by Gasteiger charge is 2.18. The molecule has 0 saturated carbocycles. The van der Waals surface area contributed by atoms with Gasteiger partial charge in [0, 0.05) is 89.7 Å². The summed E-state index contributed by atoms with van der Waals surface area (Å²) < 4.78 is 0. The predicted molar refractivity (Wildman–Crippen MR) is 145 cm³/mol. The molecule has 32 heavy (non-hydrogen) atoms. The number of anilines is 4. The van der Waals surface area contributed by atoms with Crippen LogP contribution in [0.2, 0.25) is 5.02 Å². The highest BCUT2D eigenvalue weighted by Crippen LogP contribution is 2.41. The third-order valence-corrected chi connectivity index (χ3v) is 6.33. The standard InChI is InChI=1S/C26H32ClN4Si/c1-28(2)19-11-17(12-20(15-19)29(3)4)25-23(27)9-10-24(32)26(25)18-13-21(30(5)6)16-22(14-18)31(7)8/h9-16H,1-8H3. The van der Waals surface area contributed by atoms with Crippen LogP contribution in [-0.4, -0.2) is 66.6 Å². The molecule has 0 aliphatic rings. The molecule has 0 amide bonds. The molecule has 0 aromatic heterocycles. The van der Waals surface area contributed by atoms with E-state index in [2.05, 4.69) is 123 Å². The Labute approximate surface area is 201 Å². The molecule has 0 spiro atoms. The van der Waals surface area contributed by atoms with E-state index in [0.29, 0.717) is 0 Å². The number of rotatable bonds is 6. The van der Waals surface area contributed by atoms with E-state index in [1.165, 1.54) is 0 Å². The molecule has 0 saturated heterocycles. The average Bonchev–Trinajstić information content (AvgIpc) is 2.74. The summed E-state index contributed by atoms with van der Waals surface area (Å²) in [5.74, 6) is 0. The zero-order chi connectivity index (χ0) is 23.7. The van der Waals surface area contributed by atoms with Crippen molar-refractivity contribution in [3.05, 3.63) is 53.6 Å². The summed E-state index contributed by atoms with van der Waals surface area (Å²) in [7, 11) is 20.4. The maximum atomic E-state index is 6.88. The first-order valence-corrected chi connectivity index (χ1v) is 11.4. The minimum Gasteiger partial charge on any atom is -0.378 e. The molecule has 0 aliphatic carbocycles. The number of nitrogens with zero attached hydrogens (tertiary/aromatic N) is 4. The molecule has 0 heterocycles. The molecule has 167 valence electrons. The summed E-state index contributed by atoms with van der Waals surface area (Å²) >= 11 is 6.88. The van der Waals surface area contributed by atoms with Gasteiger partial charge in [0.25, 0.3) is 0 Å². The minimum atomic E-state index is 0.726. The number of halogens is 1. The Bertz CT molecular complexity index is 982. The van der Waals surface area contributed by atoms with Crippen molar-refractivity contribution in [1.82, 2.24) is 0 Å². The van der Waals surface area contributed by atoms with Crippen molar-refractivity contribution in [3.8, 4) is 22.3 Å². The Balaban J connectivity index is 2.37. The third kappa shape index (κ3) is 4.89. The average molecular weight is 464 g/mol. The van der Waals surface area contributed by atoms with Gasteiger partial charge >= 0.3 is 0 Å². The Hall–Kier alpha value is -2.63. The molecule has 3 radical (unpaired) electrons. The summed E-state index contributed by atoms with van der Waals surface area (Å²) in [5, 5.41) is 1.73. The van der Waals surface area contributed by atoms with Crippen LogP contribution in [0.5, 0.6) is 0 Å². The molecule has 0 N–H and O–H groups in total. The van der Waals surface area contributed by atoms with Crippen molar-refractivity contribution >= 4 is 49.8 Å². The van der Waals surface area contributed by atoms with Gasteiger partial charge in [-0.1, -0.05) is 22.9 Å². The van der Waals surface area contributed by atoms with Gasteiger partial charge in [0.1, 0.15) is 0 Å². The second kappa shape index (κ2) is 9.47. The van der Waals surface area contributed by atoms with Crippen LogP contribution in [0.3, 0.4) is 0 Å². The van der Waals surface area contributed by atoms with Crippen molar-refractivity contribution in [3.63, 3.8) is 0 Å². The third-order valence-electron chi connectivity index (χ3n) is 5.60. The zero-order valence-electron chi connectivity index (χ0n) is 20.3. The summed E-state index contributed by atoms with van der Waals surface area (Å²) in [4.78, 5) is 8.51. The molecule has 6 heteroatoms. The van der Waals surface area contributed by atoms with Gasteiger partial charge in [-0.2, -0.15) is 0 Å². The summed E-state index contributed by atoms with van der Waals surface area (Å²) in [5.41, 5.74) is 8.84. The Morgan fingerprint density at radius 3 is 1.22 bits per heavy atom. The van der Waals surface area contributed by atoms with Gasteiger partial charge < -0.3 is 19.6 Å². The van der Waals surface area contributed by atoms with E-state index in [9.17, 15) is 0 Å². The Kier molecular flexibility index (Phi) is 7.11. The fraction of sp³-hybridized carbons (Fsp3) is 0.308. The molecule has 3 aromatic rings. The van der Waals surface area contributed by atoms with Gasteiger partial charge in [-0.25, -0.2) is 0 Å². The fourth-order valence-electron chi connectivity index (χ4n) is 3.67. The molecular formula is C26H32ClN4Si. The van der Waals surface area contributed by atoms with Crippen LogP contribution >= 0.6 is 11.6 Å². The second-order valence-corrected chi connectivity index (χ2v) is 9.84. The van der Waals surface area contributed by atoms with Gasteiger partial charge in [-0.05, 0) is 59.2 Å². The molecule has 0 fully saturated rings. The molecule has 0 unspecified atom stereocenters. The van der Waals surface area contributed by atoms with Crippen LogP contribution in [-0.2, 0) is 0 Å². The minimum absolute atomic E-state index is 0.726. The van der Waals surface area contributed by atoms with E-state index in [4.69, 9.17) is 11.6 Å². The van der Waals surface area contributed by atoms with E-state index in [0.717, 1.165) is 55.2 Å². The highest BCUT2D eigenvalue weighted by atomic mass is 35.5. The summed E-state index contributed by atoms with van der Waals surface area (Å²) in [6, 6.07) is 17.2. The molecule has 0 bridgehead atoms. The van der Waals surface area contributed by atoms with E-state index >= 15 is 0 Å². The van der Waals surface area contributed by atoms with Crippen LogP contribution in [0, 0.1) is 0 Å². The lowest BCUT2D eigenvalue weighted by atomic mass is 9.92. The number of benzene rings is 3. The van der Waals surface area contributed by atoms with E-state index in [1.54, 1.807) is 0 Å². The molecule has 0 atom stereocenters. The molecule has 3 aromatic carbocycles. The van der Waals surface area contributed by atoms with Crippen molar-refractivity contribution in [2.75, 3.05) is 76.0 Å². The van der Waals surface area contributed by atoms with Crippen LogP contribution in [0.15, 0.2) is 48.5 Å². The summed E-state index contributed by atoms with van der Waals surface area (Å²) in [6.45, 7) is 0. The van der Waals surface area contributed by atoms with Gasteiger partial charge in [0.15, 0.2) is 0 Å². The first kappa shape index (κ1) is 24.0. The maximum absolute atomic E-state index is 6.88. The molecule has 4 nitrogen and oxygen atoms in total. The molecular weight excluding hydrogens is 432 g/mol. The number of hydrogen-bond donors (Lipinski definition) is 0. The lowest BCUT2D eigenvalue weighted by Gasteiger charge is -2.24. The fourth-order valence-corrected chi connectivity index (χ4v) is 4.29. The zero-order valence-corrected chi connectivity index (χ0v) is 22.0. The van der Waals surface area contributed by atoms with E-state index in [1.807, 2.05) is 12.1 Å².